The maximum atomic E-state index is 13.9. The number of ether oxygens (including phenoxy) is 2. The maximum absolute atomic E-state index is 13.9. The van der Waals surface area contributed by atoms with Gasteiger partial charge in [-0.3, -0.25) is 4.79 Å². The molecule has 0 bridgehead atoms. The van der Waals surface area contributed by atoms with Gasteiger partial charge in [0.05, 0.1) is 7.11 Å². The molecule has 0 fully saturated rings. The second-order valence-corrected chi connectivity index (χ2v) is 4.88. The molecular formula is C15H12BrFO3. The highest BCUT2D eigenvalue weighted by atomic mass is 79.9. The molecule has 3 nitrogen and oxygen atoms in total. The van der Waals surface area contributed by atoms with Crippen molar-refractivity contribution in [2.45, 2.75) is 6.61 Å². The van der Waals surface area contributed by atoms with Crippen molar-refractivity contribution in [1.29, 1.82) is 0 Å². The van der Waals surface area contributed by atoms with Crippen molar-refractivity contribution < 1.29 is 18.7 Å². The minimum atomic E-state index is -0.442. The SMILES string of the molecule is COc1cccc(COc2ccc(Br)c(C=O)c2)c1F. The second-order valence-electron chi connectivity index (χ2n) is 4.02. The summed E-state index contributed by atoms with van der Waals surface area (Å²) in [7, 11) is 1.41. The van der Waals surface area contributed by atoms with Gasteiger partial charge in [0.2, 0.25) is 0 Å². The molecule has 20 heavy (non-hydrogen) atoms. The lowest BCUT2D eigenvalue weighted by atomic mass is 10.2. The number of methoxy groups -OCH3 is 1. The van der Waals surface area contributed by atoms with Crippen LogP contribution in [-0.2, 0) is 6.61 Å². The van der Waals surface area contributed by atoms with Gasteiger partial charge < -0.3 is 9.47 Å². The van der Waals surface area contributed by atoms with Crippen LogP contribution in [0.3, 0.4) is 0 Å². The zero-order chi connectivity index (χ0) is 14.5. The van der Waals surface area contributed by atoms with E-state index < -0.39 is 5.82 Å². The van der Waals surface area contributed by atoms with E-state index in [0.717, 1.165) is 6.29 Å². The smallest absolute Gasteiger partial charge is 0.171 e. The van der Waals surface area contributed by atoms with Crippen molar-refractivity contribution >= 4 is 22.2 Å². The van der Waals surface area contributed by atoms with Gasteiger partial charge in [0.15, 0.2) is 17.9 Å². The average Bonchev–Trinajstić information content (AvgIpc) is 2.47. The Morgan fingerprint density at radius 3 is 2.80 bits per heavy atom. The summed E-state index contributed by atoms with van der Waals surface area (Å²) in [5.41, 5.74) is 0.869. The molecule has 104 valence electrons. The molecule has 0 aliphatic rings. The fourth-order valence-electron chi connectivity index (χ4n) is 1.69. The van der Waals surface area contributed by atoms with E-state index in [-0.39, 0.29) is 12.4 Å². The van der Waals surface area contributed by atoms with Crippen LogP contribution in [0.4, 0.5) is 4.39 Å². The number of carbonyl (C=O) groups is 1. The Morgan fingerprint density at radius 1 is 1.30 bits per heavy atom. The first-order valence-electron chi connectivity index (χ1n) is 5.84. The maximum Gasteiger partial charge on any atom is 0.171 e. The van der Waals surface area contributed by atoms with Crippen LogP contribution in [0.15, 0.2) is 40.9 Å². The third-order valence-corrected chi connectivity index (χ3v) is 3.47. The Hall–Kier alpha value is -1.88. The van der Waals surface area contributed by atoms with Gasteiger partial charge in [-0.2, -0.15) is 0 Å². The number of carbonyl (C=O) groups excluding carboxylic acids is 1. The summed E-state index contributed by atoms with van der Waals surface area (Å²) >= 11 is 3.25. The molecule has 0 N–H and O–H groups in total. The first-order chi connectivity index (χ1) is 9.65. The van der Waals surface area contributed by atoms with E-state index >= 15 is 0 Å². The van der Waals surface area contributed by atoms with Crippen molar-refractivity contribution in [3.05, 3.63) is 57.8 Å². The minimum Gasteiger partial charge on any atom is -0.494 e. The Morgan fingerprint density at radius 2 is 2.10 bits per heavy atom. The highest BCUT2D eigenvalue weighted by molar-refractivity contribution is 9.10. The summed E-state index contributed by atoms with van der Waals surface area (Å²) in [4.78, 5) is 10.8. The molecule has 0 unspecified atom stereocenters. The van der Waals surface area contributed by atoms with Crippen LogP contribution in [0.1, 0.15) is 15.9 Å². The molecule has 0 radical (unpaired) electrons. The predicted octanol–water partition coefficient (Wildman–Crippen LogP) is 3.99. The standard InChI is InChI=1S/C15H12BrFO3/c1-19-14-4-2-3-10(15(14)17)9-20-12-5-6-13(16)11(7-12)8-18/h2-8H,9H2,1H3. The molecule has 0 amide bonds. The van der Waals surface area contributed by atoms with Crippen molar-refractivity contribution in [2.75, 3.05) is 7.11 Å². The molecule has 0 aliphatic carbocycles. The molecule has 2 aromatic rings. The van der Waals surface area contributed by atoms with Crippen molar-refractivity contribution in [3.8, 4) is 11.5 Å². The Bertz CT molecular complexity index is 629. The highest BCUT2D eigenvalue weighted by Gasteiger charge is 2.09. The molecule has 0 saturated heterocycles. The number of hydrogen-bond acceptors (Lipinski definition) is 3. The van der Waals surface area contributed by atoms with Crippen LogP contribution in [0.2, 0.25) is 0 Å². The van der Waals surface area contributed by atoms with E-state index in [2.05, 4.69) is 15.9 Å². The third kappa shape index (κ3) is 3.17. The molecule has 0 aromatic heterocycles. The van der Waals surface area contributed by atoms with Crippen molar-refractivity contribution in [2.24, 2.45) is 0 Å². The van der Waals surface area contributed by atoms with E-state index in [9.17, 15) is 9.18 Å². The zero-order valence-electron chi connectivity index (χ0n) is 10.7. The van der Waals surface area contributed by atoms with E-state index in [1.807, 2.05) is 0 Å². The lowest BCUT2D eigenvalue weighted by Gasteiger charge is -2.10. The van der Waals surface area contributed by atoms with E-state index in [1.54, 1.807) is 36.4 Å². The molecular weight excluding hydrogens is 327 g/mol. The largest absolute Gasteiger partial charge is 0.494 e. The molecule has 0 heterocycles. The van der Waals surface area contributed by atoms with Gasteiger partial charge in [0.1, 0.15) is 12.4 Å². The number of hydrogen-bond donors (Lipinski definition) is 0. The van der Waals surface area contributed by atoms with Crippen LogP contribution in [-0.4, -0.2) is 13.4 Å². The monoisotopic (exact) mass is 338 g/mol. The van der Waals surface area contributed by atoms with Gasteiger partial charge in [-0.25, -0.2) is 4.39 Å². The normalized spacial score (nSPS) is 10.2. The molecule has 0 saturated carbocycles. The summed E-state index contributed by atoms with van der Waals surface area (Å²) in [6.45, 7) is 0.0585. The van der Waals surface area contributed by atoms with Crippen molar-refractivity contribution in [3.63, 3.8) is 0 Å². The average molecular weight is 339 g/mol. The second kappa shape index (κ2) is 6.52. The van der Waals surface area contributed by atoms with Crippen LogP contribution >= 0.6 is 15.9 Å². The first kappa shape index (κ1) is 14.5. The topological polar surface area (TPSA) is 35.5 Å². The quantitative estimate of drug-likeness (QED) is 0.773. The van der Waals surface area contributed by atoms with Gasteiger partial charge in [-0.05, 0) is 24.3 Å². The van der Waals surface area contributed by atoms with Crippen LogP contribution in [0, 0.1) is 5.82 Å². The van der Waals surface area contributed by atoms with E-state index in [4.69, 9.17) is 9.47 Å². The first-order valence-corrected chi connectivity index (χ1v) is 6.64. The number of halogens is 2. The third-order valence-electron chi connectivity index (χ3n) is 2.75. The lowest BCUT2D eigenvalue weighted by molar-refractivity contribution is 0.112. The number of rotatable bonds is 5. The summed E-state index contributed by atoms with van der Waals surface area (Å²) in [5.74, 6) is 0.232. The van der Waals surface area contributed by atoms with Gasteiger partial charge in [-0.1, -0.05) is 28.1 Å². The zero-order valence-corrected chi connectivity index (χ0v) is 12.3. The Balaban J connectivity index is 2.15. The number of benzene rings is 2. The summed E-state index contributed by atoms with van der Waals surface area (Å²) < 4.78 is 25.0. The van der Waals surface area contributed by atoms with Gasteiger partial charge in [0.25, 0.3) is 0 Å². The minimum absolute atomic E-state index is 0.0585. The molecule has 0 atom stereocenters. The summed E-state index contributed by atoms with van der Waals surface area (Å²) in [6.07, 6.45) is 0.725. The van der Waals surface area contributed by atoms with E-state index in [0.29, 0.717) is 21.3 Å². The van der Waals surface area contributed by atoms with Crippen LogP contribution in [0.25, 0.3) is 0 Å². The predicted molar refractivity (Wildman–Crippen MR) is 76.8 cm³/mol. The van der Waals surface area contributed by atoms with Crippen LogP contribution < -0.4 is 9.47 Å². The fraction of sp³-hybridized carbons (Fsp3) is 0.133. The fourth-order valence-corrected chi connectivity index (χ4v) is 2.03. The van der Waals surface area contributed by atoms with Crippen LogP contribution in [0.5, 0.6) is 11.5 Å². The summed E-state index contributed by atoms with van der Waals surface area (Å²) in [5, 5.41) is 0. The molecule has 2 rings (SSSR count). The lowest BCUT2D eigenvalue weighted by Crippen LogP contribution is -2.00. The highest BCUT2D eigenvalue weighted by Crippen LogP contribution is 2.24. The molecule has 0 spiro atoms. The van der Waals surface area contributed by atoms with Crippen molar-refractivity contribution in [1.82, 2.24) is 0 Å². The van der Waals surface area contributed by atoms with E-state index in [1.165, 1.54) is 7.11 Å². The molecule has 5 heteroatoms. The Kier molecular flexibility index (Phi) is 4.74. The van der Waals surface area contributed by atoms with Gasteiger partial charge in [0, 0.05) is 15.6 Å². The summed E-state index contributed by atoms with van der Waals surface area (Å²) in [6, 6.07) is 9.87. The Labute approximate surface area is 124 Å². The molecule has 0 aliphatic heterocycles. The van der Waals surface area contributed by atoms with Gasteiger partial charge >= 0.3 is 0 Å². The number of aldehydes is 1. The molecule has 2 aromatic carbocycles. The van der Waals surface area contributed by atoms with Gasteiger partial charge in [-0.15, -0.1) is 0 Å².